The van der Waals surface area contributed by atoms with E-state index in [-0.39, 0.29) is 0 Å². The second-order valence-electron chi connectivity index (χ2n) is 3.17. The van der Waals surface area contributed by atoms with Crippen molar-refractivity contribution in [1.82, 2.24) is 4.31 Å². The zero-order chi connectivity index (χ0) is 13.9. The molecular formula is C10H10F5NS2. The predicted molar refractivity (Wildman–Crippen MR) is 62.6 cm³/mol. The van der Waals surface area contributed by atoms with E-state index in [0.29, 0.717) is 23.9 Å². The molecule has 0 spiro atoms. The molecule has 0 amide bonds. The van der Waals surface area contributed by atoms with Crippen LogP contribution in [-0.4, -0.2) is 17.4 Å². The first-order valence-electron chi connectivity index (χ1n) is 5.04. The van der Waals surface area contributed by atoms with Crippen LogP contribution in [0.5, 0.6) is 0 Å². The summed E-state index contributed by atoms with van der Waals surface area (Å²) in [6, 6.07) is 0. The highest BCUT2D eigenvalue weighted by molar-refractivity contribution is 8.75. The molecule has 0 aliphatic rings. The summed E-state index contributed by atoms with van der Waals surface area (Å²) < 4.78 is 66.8. The van der Waals surface area contributed by atoms with Gasteiger partial charge >= 0.3 is 0 Å². The molecular weight excluding hydrogens is 293 g/mol. The van der Waals surface area contributed by atoms with Crippen LogP contribution in [0.15, 0.2) is 4.90 Å². The summed E-state index contributed by atoms with van der Waals surface area (Å²) in [5, 5.41) is 0. The van der Waals surface area contributed by atoms with E-state index in [0.717, 1.165) is 11.0 Å². The third-order valence-corrected chi connectivity index (χ3v) is 4.78. The van der Waals surface area contributed by atoms with Crippen molar-refractivity contribution in [3.05, 3.63) is 29.1 Å². The number of hydrogen-bond donors (Lipinski definition) is 0. The Morgan fingerprint density at radius 3 is 1.56 bits per heavy atom. The summed E-state index contributed by atoms with van der Waals surface area (Å²) in [6.07, 6.45) is 0. The molecule has 0 bridgehead atoms. The van der Waals surface area contributed by atoms with Crippen LogP contribution in [0.25, 0.3) is 0 Å². The molecule has 0 atom stereocenters. The van der Waals surface area contributed by atoms with Gasteiger partial charge in [-0.3, -0.25) is 0 Å². The van der Waals surface area contributed by atoms with Gasteiger partial charge in [-0.05, 0) is 21.8 Å². The highest BCUT2D eigenvalue weighted by Gasteiger charge is 2.26. The minimum absolute atomic E-state index is 0.514. The van der Waals surface area contributed by atoms with Crippen molar-refractivity contribution in [2.24, 2.45) is 0 Å². The lowest BCUT2D eigenvalue weighted by Crippen LogP contribution is -2.12. The van der Waals surface area contributed by atoms with Gasteiger partial charge in [0.05, 0.1) is 4.90 Å². The Morgan fingerprint density at radius 2 is 1.17 bits per heavy atom. The van der Waals surface area contributed by atoms with E-state index >= 15 is 0 Å². The van der Waals surface area contributed by atoms with Gasteiger partial charge in [0.15, 0.2) is 23.3 Å². The number of rotatable bonds is 5. The first-order chi connectivity index (χ1) is 8.43. The fourth-order valence-corrected chi connectivity index (χ4v) is 3.40. The van der Waals surface area contributed by atoms with E-state index in [4.69, 9.17) is 0 Å². The van der Waals surface area contributed by atoms with Gasteiger partial charge in [0.1, 0.15) is 0 Å². The molecule has 8 heteroatoms. The van der Waals surface area contributed by atoms with Crippen LogP contribution in [0.2, 0.25) is 0 Å². The van der Waals surface area contributed by atoms with Gasteiger partial charge in [0.25, 0.3) is 0 Å². The molecule has 0 saturated heterocycles. The van der Waals surface area contributed by atoms with E-state index in [9.17, 15) is 22.0 Å². The first kappa shape index (κ1) is 15.6. The number of nitrogens with zero attached hydrogens (tertiary/aromatic N) is 1. The SMILES string of the molecule is CCN(CC)SSc1c(F)c(F)c(F)c(F)c1F. The number of hydrogen-bond acceptors (Lipinski definition) is 3. The van der Waals surface area contributed by atoms with Crippen LogP contribution in [0.1, 0.15) is 13.8 Å². The monoisotopic (exact) mass is 303 g/mol. The van der Waals surface area contributed by atoms with E-state index < -0.39 is 34.0 Å². The summed E-state index contributed by atoms with van der Waals surface area (Å²) in [4.78, 5) is -0.872. The minimum atomic E-state index is -2.14. The Morgan fingerprint density at radius 1 is 0.778 bits per heavy atom. The molecule has 0 heterocycles. The molecule has 18 heavy (non-hydrogen) atoms. The molecule has 0 N–H and O–H groups in total. The molecule has 0 aliphatic heterocycles. The third-order valence-electron chi connectivity index (χ3n) is 2.10. The van der Waals surface area contributed by atoms with Crippen LogP contribution < -0.4 is 0 Å². The van der Waals surface area contributed by atoms with Crippen molar-refractivity contribution in [2.75, 3.05) is 13.1 Å². The van der Waals surface area contributed by atoms with E-state index in [1.54, 1.807) is 4.31 Å². The summed E-state index contributed by atoms with van der Waals surface area (Å²) in [6.45, 7) is 4.80. The molecule has 1 aromatic rings. The van der Waals surface area contributed by atoms with Crippen molar-refractivity contribution in [3.8, 4) is 0 Å². The predicted octanol–water partition coefficient (Wildman–Crippen LogP) is 4.38. The zero-order valence-electron chi connectivity index (χ0n) is 9.57. The van der Waals surface area contributed by atoms with E-state index in [1.807, 2.05) is 13.8 Å². The average molecular weight is 303 g/mol. The highest BCUT2D eigenvalue weighted by atomic mass is 33.1. The molecule has 0 saturated carbocycles. The average Bonchev–Trinajstić information content (AvgIpc) is 2.38. The molecule has 0 radical (unpaired) electrons. The summed E-state index contributed by atoms with van der Waals surface area (Å²) in [5.74, 6) is -9.57. The van der Waals surface area contributed by atoms with Crippen molar-refractivity contribution in [3.63, 3.8) is 0 Å². The molecule has 1 rings (SSSR count). The third kappa shape index (κ3) is 3.10. The quantitative estimate of drug-likeness (QED) is 0.261. The van der Waals surface area contributed by atoms with Crippen molar-refractivity contribution >= 4 is 21.8 Å². The standard InChI is InChI=1S/C10H10F5NS2/c1-3-16(4-2)18-17-10-8(14)6(12)5(11)7(13)9(10)15/h3-4H2,1-2H3. The van der Waals surface area contributed by atoms with Gasteiger partial charge in [-0.15, -0.1) is 0 Å². The van der Waals surface area contributed by atoms with Gasteiger partial charge in [0, 0.05) is 13.1 Å². The normalized spacial score (nSPS) is 11.3. The van der Waals surface area contributed by atoms with Gasteiger partial charge in [-0.1, -0.05) is 13.8 Å². The molecule has 0 aromatic heterocycles. The lowest BCUT2D eigenvalue weighted by atomic mass is 10.3. The van der Waals surface area contributed by atoms with Gasteiger partial charge in [-0.25, -0.2) is 26.3 Å². The van der Waals surface area contributed by atoms with E-state index in [1.165, 1.54) is 0 Å². The molecule has 0 unspecified atom stereocenters. The van der Waals surface area contributed by atoms with Crippen LogP contribution in [0, 0.1) is 29.1 Å². The fourth-order valence-electron chi connectivity index (χ4n) is 1.08. The van der Waals surface area contributed by atoms with Crippen molar-refractivity contribution in [1.29, 1.82) is 0 Å². The number of benzene rings is 1. The largest absolute Gasteiger partial charge is 0.242 e. The van der Waals surface area contributed by atoms with Gasteiger partial charge in [0.2, 0.25) is 5.82 Å². The maximum absolute atomic E-state index is 13.3. The zero-order valence-corrected chi connectivity index (χ0v) is 11.2. The Hall–Kier alpha value is -0.470. The van der Waals surface area contributed by atoms with Crippen LogP contribution in [0.3, 0.4) is 0 Å². The van der Waals surface area contributed by atoms with Crippen molar-refractivity contribution < 1.29 is 22.0 Å². The Labute approximate surface area is 109 Å². The second kappa shape index (κ2) is 6.63. The molecule has 1 nitrogen and oxygen atoms in total. The Bertz CT molecular complexity index is 408. The maximum Gasteiger partial charge on any atom is 0.200 e. The smallest absolute Gasteiger partial charge is 0.200 e. The van der Waals surface area contributed by atoms with Crippen LogP contribution in [0.4, 0.5) is 22.0 Å². The lowest BCUT2D eigenvalue weighted by molar-refractivity contribution is 0.361. The minimum Gasteiger partial charge on any atom is -0.242 e. The summed E-state index contributed by atoms with van der Waals surface area (Å²) in [7, 11) is 1.45. The summed E-state index contributed by atoms with van der Waals surface area (Å²) in [5.41, 5.74) is 0. The molecule has 0 fully saturated rings. The Balaban J connectivity index is 3.03. The van der Waals surface area contributed by atoms with Gasteiger partial charge in [-0.2, -0.15) is 0 Å². The number of halogens is 5. The lowest BCUT2D eigenvalue weighted by Gasteiger charge is -2.16. The highest BCUT2D eigenvalue weighted by Crippen LogP contribution is 2.39. The Kier molecular flexibility index (Phi) is 5.74. The summed E-state index contributed by atoms with van der Waals surface area (Å²) >= 11 is 0. The molecule has 1 aromatic carbocycles. The molecule has 0 aliphatic carbocycles. The fraction of sp³-hybridized carbons (Fsp3) is 0.400. The van der Waals surface area contributed by atoms with Crippen molar-refractivity contribution in [2.45, 2.75) is 18.7 Å². The topological polar surface area (TPSA) is 3.24 Å². The van der Waals surface area contributed by atoms with Gasteiger partial charge < -0.3 is 0 Å². The van der Waals surface area contributed by atoms with Crippen LogP contribution in [-0.2, 0) is 0 Å². The first-order valence-corrected chi connectivity index (χ1v) is 7.15. The second-order valence-corrected chi connectivity index (χ2v) is 5.36. The maximum atomic E-state index is 13.3. The van der Waals surface area contributed by atoms with Crippen LogP contribution >= 0.6 is 21.8 Å². The molecule has 102 valence electrons. The van der Waals surface area contributed by atoms with E-state index in [2.05, 4.69) is 0 Å².